The van der Waals surface area contributed by atoms with Gasteiger partial charge in [-0.15, -0.1) is 0 Å². The molecule has 5 heteroatoms. The fraction of sp³-hybridized carbons (Fsp3) is 0.350. The molecular weight excluding hydrogens is 311 g/mol. The van der Waals surface area contributed by atoms with Crippen molar-refractivity contribution in [1.29, 1.82) is 0 Å². The standard InChI is InChI=1S/C20H23BN2O2/c1-19(2)20(3,4)25-21(24-19)17-14-23(13-15-9-6-5-7-10-15)18-16(17)11-8-12-22-18/h5-12,14H,13H2,1-4H3. The summed E-state index contributed by atoms with van der Waals surface area (Å²) in [7, 11) is -0.381. The van der Waals surface area contributed by atoms with Gasteiger partial charge in [0, 0.05) is 29.8 Å². The predicted molar refractivity (Wildman–Crippen MR) is 101 cm³/mol. The summed E-state index contributed by atoms with van der Waals surface area (Å²) in [4.78, 5) is 4.59. The Labute approximate surface area is 148 Å². The van der Waals surface area contributed by atoms with Crippen LogP contribution >= 0.6 is 0 Å². The van der Waals surface area contributed by atoms with Crippen LogP contribution in [-0.4, -0.2) is 27.9 Å². The lowest BCUT2D eigenvalue weighted by atomic mass is 9.79. The molecule has 0 bridgehead atoms. The van der Waals surface area contributed by atoms with Gasteiger partial charge in [-0.3, -0.25) is 0 Å². The first-order chi connectivity index (χ1) is 11.9. The minimum atomic E-state index is -0.381. The minimum Gasteiger partial charge on any atom is -0.399 e. The highest BCUT2D eigenvalue weighted by Gasteiger charge is 2.52. The van der Waals surface area contributed by atoms with Gasteiger partial charge >= 0.3 is 7.12 Å². The Kier molecular flexibility index (Phi) is 3.74. The first-order valence-corrected chi connectivity index (χ1v) is 8.71. The molecule has 1 fully saturated rings. The van der Waals surface area contributed by atoms with Gasteiger partial charge in [0.15, 0.2) is 0 Å². The summed E-state index contributed by atoms with van der Waals surface area (Å²) in [6.07, 6.45) is 3.95. The molecule has 0 amide bonds. The van der Waals surface area contributed by atoms with Crippen molar-refractivity contribution in [2.75, 3.05) is 0 Å². The largest absolute Gasteiger partial charge is 0.497 e. The molecule has 0 radical (unpaired) electrons. The molecule has 2 aromatic heterocycles. The first-order valence-electron chi connectivity index (χ1n) is 8.71. The predicted octanol–water partition coefficient (Wildman–Crippen LogP) is 3.38. The summed E-state index contributed by atoms with van der Waals surface area (Å²) in [5.74, 6) is 0. The maximum absolute atomic E-state index is 6.26. The van der Waals surface area contributed by atoms with Crippen LogP contribution in [0, 0.1) is 0 Å². The quantitative estimate of drug-likeness (QED) is 0.689. The van der Waals surface area contributed by atoms with Crippen LogP contribution in [0.1, 0.15) is 33.3 Å². The van der Waals surface area contributed by atoms with Gasteiger partial charge in [0.2, 0.25) is 0 Å². The molecule has 0 unspecified atom stereocenters. The Morgan fingerprint density at radius 1 is 0.960 bits per heavy atom. The molecule has 0 N–H and O–H groups in total. The van der Waals surface area contributed by atoms with Crippen molar-refractivity contribution in [3.05, 3.63) is 60.4 Å². The van der Waals surface area contributed by atoms with E-state index >= 15 is 0 Å². The van der Waals surface area contributed by atoms with Gasteiger partial charge in [0.1, 0.15) is 5.65 Å². The Bertz CT molecular complexity index is 886. The molecule has 1 aliphatic heterocycles. The van der Waals surface area contributed by atoms with E-state index in [1.165, 1.54) is 5.56 Å². The second-order valence-corrected chi connectivity index (χ2v) is 7.66. The van der Waals surface area contributed by atoms with E-state index in [1.54, 1.807) is 0 Å². The lowest BCUT2D eigenvalue weighted by Crippen LogP contribution is -2.41. The van der Waals surface area contributed by atoms with E-state index in [1.807, 2.05) is 18.3 Å². The molecule has 3 heterocycles. The van der Waals surface area contributed by atoms with Crippen molar-refractivity contribution >= 4 is 23.6 Å². The van der Waals surface area contributed by atoms with E-state index in [-0.39, 0.29) is 18.3 Å². The molecule has 1 aliphatic rings. The van der Waals surface area contributed by atoms with Crippen LogP contribution in [0.4, 0.5) is 0 Å². The summed E-state index contributed by atoms with van der Waals surface area (Å²) < 4.78 is 14.7. The average molecular weight is 334 g/mol. The smallest absolute Gasteiger partial charge is 0.399 e. The third kappa shape index (κ3) is 2.77. The Balaban J connectivity index is 1.76. The molecule has 1 aromatic carbocycles. The highest BCUT2D eigenvalue weighted by atomic mass is 16.7. The van der Waals surface area contributed by atoms with Crippen LogP contribution in [0.15, 0.2) is 54.9 Å². The summed E-state index contributed by atoms with van der Waals surface area (Å²) in [5.41, 5.74) is 2.53. The third-order valence-corrected chi connectivity index (χ3v) is 5.37. The molecule has 4 rings (SSSR count). The average Bonchev–Trinajstić information content (AvgIpc) is 3.03. The third-order valence-electron chi connectivity index (χ3n) is 5.37. The monoisotopic (exact) mass is 334 g/mol. The van der Waals surface area contributed by atoms with Gasteiger partial charge in [-0.1, -0.05) is 36.4 Å². The molecular formula is C20H23BN2O2. The SMILES string of the molecule is CC1(C)OB(c2cn(Cc3ccccc3)c3ncccc23)OC1(C)C. The molecule has 0 aliphatic carbocycles. The van der Waals surface area contributed by atoms with Crippen LogP contribution < -0.4 is 5.46 Å². The second-order valence-electron chi connectivity index (χ2n) is 7.66. The van der Waals surface area contributed by atoms with Crippen LogP contribution in [0.3, 0.4) is 0 Å². The molecule has 1 saturated heterocycles. The van der Waals surface area contributed by atoms with Gasteiger partial charge in [-0.2, -0.15) is 0 Å². The van der Waals surface area contributed by atoms with Crippen molar-refractivity contribution in [1.82, 2.24) is 9.55 Å². The van der Waals surface area contributed by atoms with Crippen molar-refractivity contribution < 1.29 is 9.31 Å². The molecule has 128 valence electrons. The number of fused-ring (bicyclic) bond motifs is 1. The van der Waals surface area contributed by atoms with Crippen molar-refractivity contribution in [2.24, 2.45) is 0 Å². The molecule has 0 spiro atoms. The maximum atomic E-state index is 6.26. The van der Waals surface area contributed by atoms with E-state index in [0.717, 1.165) is 23.0 Å². The van der Waals surface area contributed by atoms with Crippen LogP contribution in [0.2, 0.25) is 0 Å². The van der Waals surface area contributed by atoms with E-state index in [0.29, 0.717) is 0 Å². The zero-order valence-corrected chi connectivity index (χ0v) is 15.2. The summed E-state index contributed by atoms with van der Waals surface area (Å²) >= 11 is 0. The fourth-order valence-corrected chi connectivity index (χ4v) is 3.21. The number of benzene rings is 1. The van der Waals surface area contributed by atoms with E-state index < -0.39 is 0 Å². The Hall–Kier alpha value is -2.11. The van der Waals surface area contributed by atoms with Crippen molar-refractivity contribution in [3.63, 3.8) is 0 Å². The van der Waals surface area contributed by atoms with Crippen LogP contribution in [0.5, 0.6) is 0 Å². The zero-order chi connectivity index (χ0) is 17.7. The lowest BCUT2D eigenvalue weighted by Gasteiger charge is -2.32. The fourth-order valence-electron chi connectivity index (χ4n) is 3.21. The molecule has 25 heavy (non-hydrogen) atoms. The van der Waals surface area contributed by atoms with Gasteiger partial charge in [-0.05, 0) is 39.3 Å². The molecule has 0 saturated carbocycles. The summed E-state index contributed by atoms with van der Waals surface area (Å²) in [6, 6.07) is 14.5. The van der Waals surface area contributed by atoms with E-state index in [9.17, 15) is 0 Å². The van der Waals surface area contributed by atoms with Crippen LogP contribution in [0.25, 0.3) is 11.0 Å². The molecule has 0 atom stereocenters. The summed E-state index contributed by atoms with van der Waals surface area (Å²) in [6.45, 7) is 9.08. The highest BCUT2D eigenvalue weighted by Crippen LogP contribution is 2.37. The number of rotatable bonds is 3. The first kappa shape index (κ1) is 16.4. The van der Waals surface area contributed by atoms with Crippen molar-refractivity contribution in [2.45, 2.75) is 45.4 Å². The number of hydrogen-bond donors (Lipinski definition) is 0. The normalized spacial score (nSPS) is 18.8. The molecule has 3 aromatic rings. The number of nitrogens with zero attached hydrogens (tertiary/aromatic N) is 2. The number of hydrogen-bond acceptors (Lipinski definition) is 3. The van der Waals surface area contributed by atoms with Gasteiger partial charge in [0.05, 0.1) is 11.2 Å². The topological polar surface area (TPSA) is 36.3 Å². The maximum Gasteiger partial charge on any atom is 0.497 e. The zero-order valence-electron chi connectivity index (χ0n) is 15.2. The van der Waals surface area contributed by atoms with Gasteiger partial charge in [0.25, 0.3) is 0 Å². The highest BCUT2D eigenvalue weighted by molar-refractivity contribution is 6.65. The van der Waals surface area contributed by atoms with Gasteiger partial charge in [-0.25, -0.2) is 4.98 Å². The lowest BCUT2D eigenvalue weighted by molar-refractivity contribution is 0.00578. The molecule has 4 nitrogen and oxygen atoms in total. The number of aromatic nitrogens is 2. The Morgan fingerprint density at radius 2 is 1.64 bits per heavy atom. The minimum absolute atomic E-state index is 0.353. The van der Waals surface area contributed by atoms with Crippen LogP contribution in [-0.2, 0) is 15.9 Å². The van der Waals surface area contributed by atoms with E-state index in [4.69, 9.17) is 9.31 Å². The van der Waals surface area contributed by atoms with E-state index in [2.05, 4.69) is 73.8 Å². The Morgan fingerprint density at radius 3 is 2.32 bits per heavy atom. The van der Waals surface area contributed by atoms with Crippen molar-refractivity contribution in [3.8, 4) is 0 Å². The van der Waals surface area contributed by atoms with Gasteiger partial charge < -0.3 is 13.9 Å². The number of pyridine rings is 1. The second kappa shape index (κ2) is 5.72. The summed E-state index contributed by atoms with van der Waals surface area (Å²) in [5, 5.41) is 1.08.